The van der Waals surface area contributed by atoms with Gasteiger partial charge in [0.25, 0.3) is 5.91 Å². The van der Waals surface area contributed by atoms with Gasteiger partial charge in [0, 0.05) is 12.7 Å². The molecule has 0 aliphatic heterocycles. The average molecular weight is 351 g/mol. The molecule has 24 heavy (non-hydrogen) atoms. The number of carbonyl (C=O) groups is 2. The molecule has 0 saturated carbocycles. The van der Waals surface area contributed by atoms with Crippen LogP contribution in [0.3, 0.4) is 0 Å². The second-order valence-electron chi connectivity index (χ2n) is 5.39. The minimum absolute atomic E-state index is 0.123. The Morgan fingerprint density at radius 3 is 2.42 bits per heavy atom. The van der Waals surface area contributed by atoms with E-state index in [0.717, 1.165) is 11.8 Å². The molecule has 0 saturated heterocycles. The van der Waals surface area contributed by atoms with Crippen molar-refractivity contribution < 1.29 is 27.5 Å². The Morgan fingerprint density at radius 1 is 1.17 bits per heavy atom. The number of carboxylic acid groups (broad SMARTS) is 1. The van der Waals surface area contributed by atoms with Crippen molar-refractivity contribution in [1.82, 2.24) is 5.32 Å². The van der Waals surface area contributed by atoms with Gasteiger partial charge < -0.3 is 14.8 Å². The van der Waals surface area contributed by atoms with Gasteiger partial charge in [-0.05, 0) is 17.7 Å². The van der Waals surface area contributed by atoms with Crippen LogP contribution in [0.4, 0.5) is 0 Å². The number of rotatable bonds is 7. The summed E-state index contributed by atoms with van der Waals surface area (Å²) >= 11 is 0. The van der Waals surface area contributed by atoms with E-state index in [2.05, 4.69) is 5.32 Å². The summed E-state index contributed by atoms with van der Waals surface area (Å²) in [4.78, 5) is 23.4. The second-order valence-corrected chi connectivity index (χ2v) is 7.53. The molecule has 0 aliphatic carbocycles. The Kier molecular flexibility index (Phi) is 5.40. The fourth-order valence-corrected chi connectivity index (χ4v) is 2.79. The first-order valence-electron chi connectivity index (χ1n) is 7.08. The summed E-state index contributed by atoms with van der Waals surface area (Å²) in [5.74, 6) is -2.22. The van der Waals surface area contributed by atoms with Gasteiger partial charge in [0.2, 0.25) is 0 Å². The molecule has 7 nitrogen and oxygen atoms in total. The lowest BCUT2D eigenvalue weighted by molar-refractivity contribution is -0.139. The average Bonchev–Trinajstić information content (AvgIpc) is 2.94. The zero-order chi connectivity index (χ0) is 17.7. The molecule has 2 aromatic rings. The summed E-state index contributed by atoms with van der Waals surface area (Å²) in [5.41, 5.74) is 0.766. The van der Waals surface area contributed by atoms with Crippen molar-refractivity contribution in [3.05, 3.63) is 59.5 Å². The number of carboxylic acids is 1. The van der Waals surface area contributed by atoms with Gasteiger partial charge >= 0.3 is 5.97 Å². The molecule has 128 valence electrons. The largest absolute Gasteiger partial charge is 0.480 e. The third-order valence-electron chi connectivity index (χ3n) is 3.18. The molecular formula is C16H17NO6S. The third kappa shape index (κ3) is 5.24. The molecule has 2 N–H and O–H groups in total. The molecule has 1 amide bonds. The predicted molar refractivity (Wildman–Crippen MR) is 86.3 cm³/mol. The van der Waals surface area contributed by atoms with Gasteiger partial charge in [0.15, 0.2) is 15.6 Å². The maximum atomic E-state index is 12.1. The number of nitrogens with one attached hydrogen (secondary N) is 1. The number of sulfone groups is 1. The standard InChI is InChI=1S/C16H17NO6S/c1-24(21,22)10-12-7-8-14(23-12)15(18)17-13(16(19)20)9-11-5-3-2-4-6-11/h2-8,13H,9-10H2,1H3,(H,17,18)(H,19,20)/t13-/m0/s1. The molecule has 1 heterocycles. The smallest absolute Gasteiger partial charge is 0.326 e. The maximum absolute atomic E-state index is 12.1. The Labute approximate surface area is 139 Å². The van der Waals surface area contributed by atoms with Crippen LogP contribution in [0.5, 0.6) is 0 Å². The van der Waals surface area contributed by atoms with E-state index in [1.807, 2.05) is 6.07 Å². The van der Waals surface area contributed by atoms with Gasteiger partial charge in [-0.1, -0.05) is 30.3 Å². The van der Waals surface area contributed by atoms with Crippen molar-refractivity contribution in [1.29, 1.82) is 0 Å². The van der Waals surface area contributed by atoms with Gasteiger partial charge in [-0.2, -0.15) is 0 Å². The summed E-state index contributed by atoms with van der Waals surface area (Å²) < 4.78 is 27.6. The Balaban J connectivity index is 2.07. The Hall–Kier alpha value is -2.61. The molecule has 0 bridgehead atoms. The SMILES string of the molecule is CS(=O)(=O)Cc1ccc(C(=O)N[C@@H](Cc2ccccc2)C(=O)O)o1. The van der Waals surface area contributed by atoms with Crippen molar-refractivity contribution in [2.75, 3.05) is 6.26 Å². The molecule has 1 atom stereocenters. The number of hydrogen-bond acceptors (Lipinski definition) is 5. The van der Waals surface area contributed by atoms with Crippen molar-refractivity contribution >= 4 is 21.7 Å². The van der Waals surface area contributed by atoms with Crippen LogP contribution in [0, 0.1) is 0 Å². The van der Waals surface area contributed by atoms with E-state index in [0.29, 0.717) is 0 Å². The molecule has 8 heteroatoms. The van der Waals surface area contributed by atoms with Crippen LogP contribution in [0.1, 0.15) is 21.9 Å². The van der Waals surface area contributed by atoms with E-state index in [1.54, 1.807) is 24.3 Å². The van der Waals surface area contributed by atoms with E-state index in [-0.39, 0.29) is 23.7 Å². The van der Waals surface area contributed by atoms with Crippen LogP contribution in [-0.2, 0) is 26.8 Å². The number of benzene rings is 1. The topological polar surface area (TPSA) is 114 Å². The Bertz CT molecular complexity index is 825. The molecule has 0 aliphatic rings. The first kappa shape index (κ1) is 17.7. The van der Waals surface area contributed by atoms with Crippen molar-refractivity contribution in [2.45, 2.75) is 18.2 Å². The highest BCUT2D eigenvalue weighted by Crippen LogP contribution is 2.12. The summed E-state index contributed by atoms with van der Waals surface area (Å²) in [6.45, 7) is 0. The zero-order valence-electron chi connectivity index (χ0n) is 12.9. The lowest BCUT2D eigenvalue weighted by Gasteiger charge is -2.13. The van der Waals surface area contributed by atoms with Crippen molar-refractivity contribution in [3.8, 4) is 0 Å². The Morgan fingerprint density at radius 2 is 1.83 bits per heavy atom. The van der Waals surface area contributed by atoms with Crippen LogP contribution < -0.4 is 5.32 Å². The first-order chi connectivity index (χ1) is 11.2. The van der Waals surface area contributed by atoms with E-state index in [4.69, 9.17) is 4.42 Å². The fraction of sp³-hybridized carbons (Fsp3) is 0.250. The van der Waals surface area contributed by atoms with Gasteiger partial charge in [-0.15, -0.1) is 0 Å². The molecule has 1 aromatic heterocycles. The normalized spacial score (nSPS) is 12.5. The summed E-state index contributed by atoms with van der Waals surface area (Å²) in [7, 11) is -3.29. The number of carbonyl (C=O) groups excluding carboxylic acids is 1. The lowest BCUT2D eigenvalue weighted by atomic mass is 10.1. The van der Waals surface area contributed by atoms with Crippen LogP contribution in [0.25, 0.3) is 0 Å². The van der Waals surface area contributed by atoms with E-state index < -0.39 is 27.8 Å². The van der Waals surface area contributed by atoms with Gasteiger partial charge in [-0.3, -0.25) is 4.79 Å². The summed E-state index contributed by atoms with van der Waals surface area (Å²) in [5, 5.41) is 11.6. The van der Waals surface area contributed by atoms with Gasteiger partial charge in [-0.25, -0.2) is 13.2 Å². The maximum Gasteiger partial charge on any atom is 0.326 e. The lowest BCUT2D eigenvalue weighted by Crippen LogP contribution is -2.42. The highest BCUT2D eigenvalue weighted by atomic mass is 32.2. The molecule has 0 unspecified atom stereocenters. The minimum Gasteiger partial charge on any atom is -0.480 e. The highest BCUT2D eigenvalue weighted by Gasteiger charge is 2.23. The quantitative estimate of drug-likeness (QED) is 0.776. The summed E-state index contributed by atoms with van der Waals surface area (Å²) in [6, 6.07) is 10.5. The second kappa shape index (κ2) is 7.31. The fourth-order valence-electron chi connectivity index (χ4n) is 2.12. The highest BCUT2D eigenvalue weighted by molar-refractivity contribution is 7.89. The van der Waals surface area contributed by atoms with Crippen LogP contribution in [-0.4, -0.2) is 37.7 Å². The molecular weight excluding hydrogens is 334 g/mol. The molecule has 0 fully saturated rings. The number of hydrogen-bond donors (Lipinski definition) is 2. The zero-order valence-corrected chi connectivity index (χ0v) is 13.7. The predicted octanol–water partition coefficient (Wildman–Crippen LogP) is 1.25. The van der Waals surface area contributed by atoms with Gasteiger partial charge in [0.1, 0.15) is 17.6 Å². The van der Waals surface area contributed by atoms with Crippen LogP contribution >= 0.6 is 0 Å². The molecule has 1 aromatic carbocycles. The monoisotopic (exact) mass is 351 g/mol. The van der Waals surface area contributed by atoms with Crippen LogP contribution in [0.2, 0.25) is 0 Å². The van der Waals surface area contributed by atoms with Crippen molar-refractivity contribution in [3.63, 3.8) is 0 Å². The molecule has 0 spiro atoms. The van der Waals surface area contributed by atoms with E-state index >= 15 is 0 Å². The van der Waals surface area contributed by atoms with E-state index in [1.165, 1.54) is 12.1 Å². The molecule has 2 rings (SSSR count). The number of furan rings is 1. The van der Waals surface area contributed by atoms with Gasteiger partial charge in [0.05, 0.1) is 0 Å². The van der Waals surface area contributed by atoms with E-state index in [9.17, 15) is 23.1 Å². The minimum atomic E-state index is -3.29. The van der Waals surface area contributed by atoms with Crippen LogP contribution in [0.15, 0.2) is 46.9 Å². The third-order valence-corrected chi connectivity index (χ3v) is 3.98. The van der Waals surface area contributed by atoms with Crippen molar-refractivity contribution in [2.24, 2.45) is 0 Å². The molecule has 0 radical (unpaired) electrons. The number of amides is 1. The summed E-state index contributed by atoms with van der Waals surface area (Å²) in [6.07, 6.45) is 1.18. The number of aliphatic carboxylic acids is 1. The first-order valence-corrected chi connectivity index (χ1v) is 9.14.